The van der Waals surface area contributed by atoms with E-state index < -0.39 is 24.7 Å². The monoisotopic (exact) mass is 632 g/mol. The zero-order valence-electron chi connectivity index (χ0n) is 9.20. The fourth-order valence-corrected chi connectivity index (χ4v) is 3.50. The fraction of sp³-hybridized carbons (Fsp3) is 0.300. The number of carbonyl (C=O) groups is 1. The molecule has 0 saturated carbocycles. The Balaban J connectivity index is 2.86. The van der Waals surface area contributed by atoms with Gasteiger partial charge in [-0.2, -0.15) is 22.0 Å². The second-order valence-electron chi connectivity index (χ2n) is 3.51. The van der Waals surface area contributed by atoms with Gasteiger partial charge in [-0.15, -0.1) is 0 Å². The van der Waals surface area contributed by atoms with E-state index in [-0.39, 0.29) is 0 Å². The van der Waals surface area contributed by atoms with Crippen LogP contribution in [0.2, 0.25) is 0 Å². The van der Waals surface area contributed by atoms with Crippen molar-refractivity contribution in [3.8, 4) is 0 Å². The lowest BCUT2D eigenvalue weighted by molar-refractivity contribution is -0.281. The van der Waals surface area contributed by atoms with Crippen LogP contribution in [-0.2, 0) is 16.1 Å². The molecule has 0 atom stereocenters. The fourth-order valence-electron chi connectivity index (χ4n) is 1.06. The second kappa shape index (κ2) is 6.75. The van der Waals surface area contributed by atoms with Crippen molar-refractivity contribution >= 4 is 73.7 Å². The first kappa shape index (κ1) is 18.6. The van der Waals surface area contributed by atoms with Crippen molar-refractivity contribution in [3.63, 3.8) is 0 Å². The molecule has 1 aromatic rings. The highest BCUT2D eigenvalue weighted by Gasteiger charge is 2.64. The highest BCUT2D eigenvalue weighted by atomic mass is 127. The summed E-state index contributed by atoms with van der Waals surface area (Å²) in [5.41, 5.74) is 0.369. The molecular weight excluding hydrogens is 628 g/mol. The van der Waals surface area contributed by atoms with Gasteiger partial charge in [0.05, 0.1) is 0 Å². The maximum atomic E-state index is 12.7. The molecule has 0 aliphatic rings. The minimum atomic E-state index is -5.96. The number of alkyl halides is 5. The molecule has 0 fully saturated rings. The number of ether oxygens (including phenoxy) is 1. The van der Waals surface area contributed by atoms with Gasteiger partial charge in [0.25, 0.3) is 0 Å². The molecule has 1 aromatic carbocycles. The van der Waals surface area contributed by atoms with Crippen molar-refractivity contribution in [1.29, 1.82) is 0 Å². The number of rotatable bonds is 3. The Morgan fingerprint density at radius 2 is 1.65 bits per heavy atom. The normalized spacial score (nSPS) is 12.4. The molecule has 0 aromatic heterocycles. The molecule has 0 N–H and O–H groups in total. The predicted molar refractivity (Wildman–Crippen MR) is 85.4 cm³/mol. The molecule has 0 bridgehead atoms. The smallest absolute Gasteiger partial charge is 0.456 e. The Morgan fingerprint density at radius 1 is 1.10 bits per heavy atom. The van der Waals surface area contributed by atoms with Gasteiger partial charge >= 0.3 is 18.1 Å². The Labute approximate surface area is 151 Å². The molecule has 1 rings (SSSR count). The van der Waals surface area contributed by atoms with Gasteiger partial charge in [-0.05, 0) is 79.9 Å². The maximum absolute atomic E-state index is 12.7. The molecule has 2 nitrogen and oxygen atoms in total. The number of benzene rings is 1. The van der Waals surface area contributed by atoms with Gasteiger partial charge in [0.2, 0.25) is 0 Å². The summed E-state index contributed by atoms with van der Waals surface area (Å²) in [6.07, 6.45) is -5.96. The molecular formula is C10H4F5I3O2. The lowest BCUT2D eigenvalue weighted by Gasteiger charge is -2.18. The minimum Gasteiger partial charge on any atom is -0.456 e. The first-order valence-corrected chi connectivity index (χ1v) is 7.95. The molecule has 0 aliphatic heterocycles. The minimum absolute atomic E-state index is 0.369. The van der Waals surface area contributed by atoms with Crippen molar-refractivity contribution in [2.45, 2.75) is 18.7 Å². The summed E-state index contributed by atoms with van der Waals surface area (Å²) in [6.45, 7) is -0.643. The predicted octanol–water partition coefficient (Wildman–Crippen LogP) is 4.74. The van der Waals surface area contributed by atoms with Gasteiger partial charge in [-0.3, -0.25) is 0 Å². The molecule has 0 saturated heterocycles. The van der Waals surface area contributed by atoms with Gasteiger partial charge in [-0.25, -0.2) is 4.79 Å². The summed E-state index contributed by atoms with van der Waals surface area (Å²) in [7, 11) is 0. The SMILES string of the molecule is O=C(OCc1cc(I)cc(I)c1I)C(F)(F)C(F)(F)F. The first-order valence-electron chi connectivity index (χ1n) is 4.72. The van der Waals surface area contributed by atoms with Gasteiger partial charge in [0.15, 0.2) is 0 Å². The number of carbonyl (C=O) groups excluding carboxylic acids is 1. The van der Waals surface area contributed by atoms with Gasteiger partial charge < -0.3 is 4.74 Å². The Morgan fingerprint density at radius 3 is 2.15 bits per heavy atom. The van der Waals surface area contributed by atoms with Crippen molar-refractivity contribution in [2.75, 3.05) is 0 Å². The third-order valence-electron chi connectivity index (χ3n) is 2.04. The highest BCUT2D eigenvalue weighted by Crippen LogP contribution is 2.36. The zero-order chi connectivity index (χ0) is 15.7. The average molecular weight is 632 g/mol. The topological polar surface area (TPSA) is 26.3 Å². The van der Waals surface area contributed by atoms with E-state index in [1.54, 1.807) is 12.1 Å². The van der Waals surface area contributed by atoms with E-state index in [0.29, 0.717) is 9.13 Å². The van der Waals surface area contributed by atoms with E-state index in [1.165, 1.54) is 0 Å². The van der Waals surface area contributed by atoms with Gasteiger partial charge in [0.1, 0.15) is 6.61 Å². The summed E-state index contributed by atoms with van der Waals surface area (Å²) in [4.78, 5) is 10.9. The van der Waals surface area contributed by atoms with E-state index in [2.05, 4.69) is 4.74 Å². The van der Waals surface area contributed by atoms with Gasteiger partial charge in [0, 0.05) is 16.3 Å². The number of hydrogen-bond donors (Lipinski definition) is 0. The molecule has 0 aliphatic carbocycles. The Bertz CT molecular complexity index is 530. The van der Waals surface area contributed by atoms with Crippen LogP contribution < -0.4 is 0 Å². The highest BCUT2D eigenvalue weighted by molar-refractivity contribution is 14.1. The quantitative estimate of drug-likeness (QED) is 0.209. The molecule has 0 unspecified atom stereocenters. The lowest BCUT2D eigenvalue weighted by atomic mass is 10.2. The Kier molecular flexibility index (Phi) is 6.27. The standard InChI is InChI=1S/C10H4F5I3O2/c11-9(12,10(13,14)15)8(19)20-3-4-1-5(16)2-6(17)7(4)18/h1-2H,3H2. The molecule has 20 heavy (non-hydrogen) atoms. The number of halogens is 8. The average Bonchev–Trinajstić information content (AvgIpc) is 2.29. The van der Waals surface area contributed by atoms with Crippen LogP contribution in [0.4, 0.5) is 22.0 Å². The molecule has 0 spiro atoms. The lowest BCUT2D eigenvalue weighted by Crippen LogP contribution is -2.45. The van der Waals surface area contributed by atoms with Crippen LogP contribution in [0.25, 0.3) is 0 Å². The molecule has 10 heteroatoms. The van der Waals surface area contributed by atoms with Crippen molar-refractivity contribution in [3.05, 3.63) is 28.4 Å². The molecule has 0 heterocycles. The van der Waals surface area contributed by atoms with Crippen molar-refractivity contribution in [1.82, 2.24) is 0 Å². The molecule has 112 valence electrons. The number of esters is 1. The van der Waals surface area contributed by atoms with Crippen LogP contribution >= 0.6 is 67.8 Å². The van der Waals surface area contributed by atoms with Crippen LogP contribution in [0.1, 0.15) is 5.56 Å². The third-order valence-corrected chi connectivity index (χ3v) is 5.82. The second-order valence-corrected chi connectivity index (χ2v) is 7.00. The summed E-state index contributed by atoms with van der Waals surface area (Å²) in [5, 5.41) is 0. The molecule has 0 amide bonds. The Hall–Kier alpha value is 0.530. The van der Waals surface area contributed by atoms with Crippen molar-refractivity contribution < 1.29 is 31.5 Å². The first-order chi connectivity index (χ1) is 8.96. The van der Waals surface area contributed by atoms with Crippen LogP contribution in [0.5, 0.6) is 0 Å². The zero-order valence-corrected chi connectivity index (χ0v) is 15.7. The van der Waals surface area contributed by atoms with Crippen LogP contribution in [0.3, 0.4) is 0 Å². The summed E-state index contributed by atoms with van der Waals surface area (Å²) >= 11 is 5.83. The van der Waals surface area contributed by atoms with E-state index in [9.17, 15) is 26.7 Å². The van der Waals surface area contributed by atoms with Crippen molar-refractivity contribution in [2.24, 2.45) is 0 Å². The summed E-state index contributed by atoms with van der Waals surface area (Å²) in [6, 6.07) is 3.34. The largest absolute Gasteiger partial charge is 0.465 e. The summed E-state index contributed by atoms with van der Waals surface area (Å²) in [5.74, 6) is -8.11. The van der Waals surface area contributed by atoms with E-state index in [1.807, 2.05) is 67.8 Å². The van der Waals surface area contributed by atoms with Crippen LogP contribution in [0, 0.1) is 10.7 Å². The summed E-state index contributed by atoms with van der Waals surface area (Å²) < 4.78 is 67.5. The van der Waals surface area contributed by atoms with Gasteiger partial charge in [-0.1, -0.05) is 0 Å². The maximum Gasteiger partial charge on any atom is 0.465 e. The number of hydrogen-bond acceptors (Lipinski definition) is 2. The van der Waals surface area contributed by atoms with E-state index >= 15 is 0 Å². The third kappa shape index (κ3) is 4.27. The van der Waals surface area contributed by atoms with Crippen LogP contribution in [0.15, 0.2) is 12.1 Å². The van der Waals surface area contributed by atoms with E-state index in [4.69, 9.17) is 0 Å². The van der Waals surface area contributed by atoms with E-state index in [0.717, 1.165) is 7.14 Å². The van der Waals surface area contributed by atoms with Crippen LogP contribution in [-0.4, -0.2) is 18.1 Å². The molecule has 0 radical (unpaired) electrons.